The van der Waals surface area contributed by atoms with E-state index in [1.54, 1.807) is 11.3 Å². The molecule has 6 nitrogen and oxygen atoms in total. The van der Waals surface area contributed by atoms with Gasteiger partial charge in [0.05, 0.1) is 0 Å². The van der Waals surface area contributed by atoms with Crippen LogP contribution in [0.5, 0.6) is 0 Å². The Morgan fingerprint density at radius 1 is 1.20 bits per heavy atom. The second kappa shape index (κ2) is 5.38. The zero-order chi connectivity index (χ0) is 13.4. The van der Waals surface area contributed by atoms with Crippen molar-refractivity contribution in [2.75, 3.05) is 19.8 Å². The van der Waals surface area contributed by atoms with E-state index in [9.17, 15) is 0 Å². The van der Waals surface area contributed by atoms with Gasteiger partial charge in [0.2, 0.25) is 4.96 Å². The number of rotatable bonds is 5. The molecule has 0 aromatic carbocycles. The Labute approximate surface area is 121 Å². The molecule has 0 unspecified atom stereocenters. The second-order valence-corrected chi connectivity index (χ2v) is 6.75. The molecule has 0 bridgehead atoms. The maximum Gasteiger partial charge on any atom is 0.234 e. The van der Waals surface area contributed by atoms with Gasteiger partial charge in [-0.1, -0.05) is 11.3 Å². The lowest BCUT2D eigenvalue weighted by atomic mass is 10.00. The van der Waals surface area contributed by atoms with E-state index in [4.69, 9.17) is 4.74 Å². The lowest BCUT2D eigenvalue weighted by Gasteiger charge is -2.19. The minimum atomic E-state index is 0.438. The molecule has 2 aliphatic rings. The summed E-state index contributed by atoms with van der Waals surface area (Å²) in [6.07, 6.45) is 4.80. The average molecular weight is 293 g/mol. The Morgan fingerprint density at radius 2 is 2.05 bits per heavy atom. The molecule has 7 heteroatoms. The smallest absolute Gasteiger partial charge is 0.234 e. The molecule has 108 valence electrons. The quantitative estimate of drug-likeness (QED) is 0.906. The van der Waals surface area contributed by atoms with Gasteiger partial charge >= 0.3 is 0 Å². The van der Waals surface area contributed by atoms with Crippen LogP contribution in [0.2, 0.25) is 0 Å². The summed E-state index contributed by atoms with van der Waals surface area (Å²) in [5.41, 5.74) is 0. The molecule has 0 atom stereocenters. The van der Waals surface area contributed by atoms with Gasteiger partial charge in [0, 0.05) is 25.7 Å². The monoisotopic (exact) mass is 293 g/mol. The highest BCUT2D eigenvalue weighted by molar-refractivity contribution is 7.16. The van der Waals surface area contributed by atoms with E-state index >= 15 is 0 Å². The summed E-state index contributed by atoms with van der Waals surface area (Å²) in [6, 6.07) is 0. The van der Waals surface area contributed by atoms with Crippen LogP contribution >= 0.6 is 11.3 Å². The van der Waals surface area contributed by atoms with Crippen molar-refractivity contribution in [1.82, 2.24) is 25.1 Å². The van der Waals surface area contributed by atoms with Crippen LogP contribution in [0.1, 0.15) is 42.4 Å². The average Bonchev–Trinajstić information content (AvgIpc) is 3.08. The Morgan fingerprint density at radius 3 is 2.85 bits per heavy atom. The standard InChI is InChI=1S/C13H19N5OS/c1-2-9(1)7-14-8-11-17-18-12(15-16-13(18)20-11)10-3-5-19-6-4-10/h9-10,14H,1-8H2. The van der Waals surface area contributed by atoms with Crippen LogP contribution in [0.3, 0.4) is 0 Å². The van der Waals surface area contributed by atoms with E-state index in [0.717, 1.165) is 60.9 Å². The van der Waals surface area contributed by atoms with Crippen LogP contribution in [-0.4, -0.2) is 39.6 Å². The summed E-state index contributed by atoms with van der Waals surface area (Å²) < 4.78 is 7.35. The van der Waals surface area contributed by atoms with E-state index in [2.05, 4.69) is 20.6 Å². The first-order valence-electron chi connectivity index (χ1n) is 7.39. The number of fused-ring (bicyclic) bond motifs is 1. The first-order valence-corrected chi connectivity index (χ1v) is 8.21. The molecule has 2 fully saturated rings. The van der Waals surface area contributed by atoms with Gasteiger partial charge in [-0.3, -0.25) is 0 Å². The van der Waals surface area contributed by atoms with Crippen LogP contribution in [0.4, 0.5) is 0 Å². The lowest BCUT2D eigenvalue weighted by molar-refractivity contribution is 0.0831. The molecule has 1 aliphatic carbocycles. The Kier molecular flexibility index (Phi) is 3.41. The van der Waals surface area contributed by atoms with Gasteiger partial charge < -0.3 is 10.1 Å². The van der Waals surface area contributed by atoms with Gasteiger partial charge in [-0.05, 0) is 38.1 Å². The largest absolute Gasteiger partial charge is 0.381 e. The Hall–Kier alpha value is -1.05. The second-order valence-electron chi connectivity index (χ2n) is 5.71. The molecule has 4 rings (SSSR count). The van der Waals surface area contributed by atoms with Crippen LogP contribution in [-0.2, 0) is 11.3 Å². The summed E-state index contributed by atoms with van der Waals surface area (Å²) >= 11 is 1.64. The van der Waals surface area contributed by atoms with Crippen molar-refractivity contribution in [2.24, 2.45) is 5.92 Å². The summed E-state index contributed by atoms with van der Waals surface area (Å²) in [5, 5.41) is 17.8. The molecular weight excluding hydrogens is 274 g/mol. The van der Waals surface area contributed by atoms with Gasteiger partial charge in [0.15, 0.2) is 5.82 Å². The molecule has 0 spiro atoms. The van der Waals surface area contributed by atoms with Crippen molar-refractivity contribution in [3.8, 4) is 0 Å². The maximum atomic E-state index is 5.41. The van der Waals surface area contributed by atoms with E-state index in [1.807, 2.05) is 4.52 Å². The van der Waals surface area contributed by atoms with Crippen molar-refractivity contribution in [1.29, 1.82) is 0 Å². The van der Waals surface area contributed by atoms with Crippen molar-refractivity contribution in [2.45, 2.75) is 38.1 Å². The van der Waals surface area contributed by atoms with Crippen LogP contribution in [0.25, 0.3) is 4.96 Å². The normalized spacial score (nSPS) is 20.8. The van der Waals surface area contributed by atoms with E-state index in [-0.39, 0.29) is 0 Å². The zero-order valence-electron chi connectivity index (χ0n) is 11.4. The van der Waals surface area contributed by atoms with E-state index in [0.29, 0.717) is 5.92 Å². The highest BCUT2D eigenvalue weighted by Gasteiger charge is 2.23. The summed E-state index contributed by atoms with van der Waals surface area (Å²) in [4.78, 5) is 0.912. The SMILES string of the molecule is C1CC(c2nnc3sc(CNCC4CC4)nn23)CCO1. The number of nitrogens with one attached hydrogen (secondary N) is 1. The minimum absolute atomic E-state index is 0.438. The fourth-order valence-corrected chi connectivity index (χ4v) is 3.47. The number of hydrogen-bond donors (Lipinski definition) is 1. The molecule has 0 radical (unpaired) electrons. The van der Waals surface area contributed by atoms with Crippen molar-refractivity contribution < 1.29 is 4.74 Å². The lowest BCUT2D eigenvalue weighted by Crippen LogP contribution is -2.18. The predicted molar refractivity (Wildman–Crippen MR) is 75.9 cm³/mol. The molecule has 1 saturated carbocycles. The van der Waals surface area contributed by atoms with E-state index < -0.39 is 0 Å². The van der Waals surface area contributed by atoms with Crippen molar-refractivity contribution >= 4 is 16.3 Å². The molecule has 2 aromatic heterocycles. The van der Waals surface area contributed by atoms with Gasteiger partial charge in [-0.15, -0.1) is 10.2 Å². The Bertz CT molecular complexity index is 585. The van der Waals surface area contributed by atoms with Gasteiger partial charge in [-0.25, -0.2) is 0 Å². The molecule has 20 heavy (non-hydrogen) atoms. The van der Waals surface area contributed by atoms with Crippen LogP contribution < -0.4 is 5.32 Å². The number of ether oxygens (including phenoxy) is 1. The van der Waals surface area contributed by atoms with E-state index in [1.165, 1.54) is 12.8 Å². The number of hydrogen-bond acceptors (Lipinski definition) is 6. The van der Waals surface area contributed by atoms with Gasteiger partial charge in [0.1, 0.15) is 5.01 Å². The van der Waals surface area contributed by atoms with Crippen LogP contribution in [0, 0.1) is 5.92 Å². The number of nitrogens with zero attached hydrogens (tertiary/aromatic N) is 4. The minimum Gasteiger partial charge on any atom is -0.381 e. The summed E-state index contributed by atoms with van der Waals surface area (Å²) in [6.45, 7) is 3.60. The van der Waals surface area contributed by atoms with Crippen LogP contribution in [0.15, 0.2) is 0 Å². The van der Waals surface area contributed by atoms with Gasteiger partial charge in [0.25, 0.3) is 0 Å². The summed E-state index contributed by atoms with van der Waals surface area (Å²) in [7, 11) is 0. The molecule has 2 aromatic rings. The van der Waals surface area contributed by atoms with Gasteiger partial charge in [-0.2, -0.15) is 9.61 Å². The molecule has 3 heterocycles. The number of aromatic nitrogens is 4. The highest BCUT2D eigenvalue weighted by atomic mass is 32.1. The third kappa shape index (κ3) is 2.57. The first-order chi connectivity index (χ1) is 9.90. The predicted octanol–water partition coefficient (Wildman–Crippen LogP) is 1.58. The topological polar surface area (TPSA) is 64.3 Å². The zero-order valence-corrected chi connectivity index (χ0v) is 12.2. The molecule has 1 N–H and O–H groups in total. The maximum absolute atomic E-state index is 5.41. The molecule has 0 amide bonds. The summed E-state index contributed by atoms with van der Waals surface area (Å²) in [5.74, 6) is 2.35. The fraction of sp³-hybridized carbons (Fsp3) is 0.769. The van der Waals surface area contributed by atoms with Crippen molar-refractivity contribution in [3.63, 3.8) is 0 Å². The molecule has 1 aliphatic heterocycles. The molecular formula is C13H19N5OS. The first kappa shape index (κ1) is 12.7. The molecule has 1 saturated heterocycles. The third-order valence-electron chi connectivity index (χ3n) is 4.05. The Balaban J connectivity index is 1.48. The fourth-order valence-electron chi connectivity index (χ4n) is 2.66. The van der Waals surface area contributed by atoms with Crippen molar-refractivity contribution in [3.05, 3.63) is 10.8 Å². The third-order valence-corrected chi connectivity index (χ3v) is 4.95. The highest BCUT2D eigenvalue weighted by Crippen LogP contribution is 2.28.